The number of carbonyl (C=O) groups excluding carboxylic acids is 1. The molecule has 7 nitrogen and oxygen atoms in total. The summed E-state index contributed by atoms with van der Waals surface area (Å²) in [5.41, 5.74) is 7.32. The molecule has 0 fully saturated rings. The Morgan fingerprint density at radius 1 is 1.38 bits per heavy atom. The van der Waals surface area contributed by atoms with Gasteiger partial charge >= 0.3 is 0 Å². The first-order chi connectivity index (χ1) is 9.49. The number of amides is 1. The minimum absolute atomic E-state index is 0. The Bertz CT molecular complexity index is 612. The predicted octanol–water partition coefficient (Wildman–Crippen LogP) is 1.22. The molecular weight excluding hydrogens is 292 g/mol. The van der Waals surface area contributed by atoms with Crippen molar-refractivity contribution in [1.29, 1.82) is 0 Å². The van der Waals surface area contributed by atoms with Crippen molar-refractivity contribution >= 4 is 24.0 Å². The number of rotatable bonds is 4. The van der Waals surface area contributed by atoms with Gasteiger partial charge in [0.15, 0.2) is 5.82 Å². The zero-order chi connectivity index (χ0) is 14.7. The summed E-state index contributed by atoms with van der Waals surface area (Å²) in [5, 5.41) is 14.1. The van der Waals surface area contributed by atoms with Gasteiger partial charge in [0.2, 0.25) is 5.91 Å². The van der Waals surface area contributed by atoms with Gasteiger partial charge < -0.3 is 11.1 Å². The molecule has 1 aromatic heterocycles. The molecule has 2 aromatic rings. The number of aromatic nitrogens is 4. The third-order valence-corrected chi connectivity index (χ3v) is 3.03. The molecule has 1 amide bonds. The maximum atomic E-state index is 11.9. The molecule has 0 bridgehead atoms. The Balaban J connectivity index is 0.00000220. The van der Waals surface area contributed by atoms with E-state index in [9.17, 15) is 4.79 Å². The van der Waals surface area contributed by atoms with E-state index in [0.29, 0.717) is 11.5 Å². The summed E-state index contributed by atoms with van der Waals surface area (Å²) in [6.07, 6.45) is 0. The third kappa shape index (κ3) is 3.99. The second-order valence-electron chi connectivity index (χ2n) is 4.97. The number of nitrogens with two attached hydrogens (primary N) is 1. The van der Waals surface area contributed by atoms with E-state index in [1.165, 1.54) is 0 Å². The number of halogens is 1. The molecule has 0 radical (unpaired) electrons. The number of nitrogens with one attached hydrogen (secondary N) is 1. The van der Waals surface area contributed by atoms with E-state index in [0.717, 1.165) is 5.56 Å². The van der Waals surface area contributed by atoms with E-state index in [-0.39, 0.29) is 24.2 Å². The van der Waals surface area contributed by atoms with Crippen molar-refractivity contribution in [1.82, 2.24) is 20.2 Å². The van der Waals surface area contributed by atoms with Crippen molar-refractivity contribution in [2.75, 3.05) is 5.32 Å². The molecular formula is C13H19ClN6O. The van der Waals surface area contributed by atoms with Crippen molar-refractivity contribution in [3.05, 3.63) is 24.3 Å². The number of benzene rings is 1. The lowest BCUT2D eigenvalue weighted by Crippen LogP contribution is -2.39. The van der Waals surface area contributed by atoms with Gasteiger partial charge in [0, 0.05) is 18.3 Å². The fraction of sp³-hybridized carbons (Fsp3) is 0.385. The lowest BCUT2D eigenvalue weighted by Gasteiger charge is -2.15. The van der Waals surface area contributed by atoms with Crippen molar-refractivity contribution in [2.24, 2.45) is 18.7 Å². The molecule has 0 aliphatic heterocycles. The van der Waals surface area contributed by atoms with Crippen LogP contribution in [0.5, 0.6) is 0 Å². The van der Waals surface area contributed by atoms with Crippen molar-refractivity contribution in [3.63, 3.8) is 0 Å². The Morgan fingerprint density at radius 3 is 2.67 bits per heavy atom. The molecule has 1 atom stereocenters. The highest BCUT2D eigenvalue weighted by Gasteiger charge is 2.17. The highest BCUT2D eigenvalue weighted by Crippen LogP contribution is 2.19. The van der Waals surface area contributed by atoms with Crippen molar-refractivity contribution in [2.45, 2.75) is 19.9 Å². The first-order valence-electron chi connectivity index (χ1n) is 6.38. The van der Waals surface area contributed by atoms with Gasteiger partial charge in [-0.15, -0.1) is 17.5 Å². The van der Waals surface area contributed by atoms with E-state index in [4.69, 9.17) is 5.73 Å². The Kier molecular flexibility index (Phi) is 5.80. The molecule has 21 heavy (non-hydrogen) atoms. The van der Waals surface area contributed by atoms with Gasteiger partial charge in [0.05, 0.1) is 6.04 Å². The summed E-state index contributed by atoms with van der Waals surface area (Å²) in [4.78, 5) is 11.9. The summed E-state index contributed by atoms with van der Waals surface area (Å²) in [6, 6.07) is 6.80. The first kappa shape index (κ1) is 17.1. The van der Waals surface area contributed by atoms with Gasteiger partial charge in [-0.1, -0.05) is 26.0 Å². The molecule has 0 aliphatic rings. The minimum atomic E-state index is -0.532. The van der Waals surface area contributed by atoms with E-state index >= 15 is 0 Å². The van der Waals surface area contributed by atoms with Crippen LogP contribution in [0.1, 0.15) is 13.8 Å². The number of carbonyl (C=O) groups is 1. The molecule has 2 rings (SSSR count). The molecule has 1 unspecified atom stereocenters. The summed E-state index contributed by atoms with van der Waals surface area (Å²) in [6.45, 7) is 3.82. The van der Waals surface area contributed by atoms with Crippen molar-refractivity contribution < 1.29 is 4.79 Å². The number of hydrogen-bond donors (Lipinski definition) is 2. The third-order valence-electron chi connectivity index (χ3n) is 3.03. The lowest BCUT2D eigenvalue weighted by atomic mass is 10.0. The van der Waals surface area contributed by atoms with Gasteiger partial charge in [-0.2, -0.15) is 0 Å². The summed E-state index contributed by atoms with van der Waals surface area (Å²) < 4.78 is 1.57. The number of nitrogens with zero attached hydrogens (tertiary/aromatic N) is 4. The fourth-order valence-electron chi connectivity index (χ4n) is 1.74. The van der Waals surface area contributed by atoms with E-state index in [1.54, 1.807) is 17.8 Å². The number of hydrogen-bond acceptors (Lipinski definition) is 5. The predicted molar refractivity (Wildman–Crippen MR) is 82.9 cm³/mol. The van der Waals surface area contributed by atoms with Gasteiger partial charge in [-0.25, -0.2) is 4.68 Å². The Morgan fingerprint density at radius 2 is 2.10 bits per heavy atom. The molecule has 1 aromatic carbocycles. The average Bonchev–Trinajstić information content (AvgIpc) is 2.84. The van der Waals surface area contributed by atoms with Gasteiger partial charge in [0.25, 0.3) is 0 Å². The monoisotopic (exact) mass is 310 g/mol. The van der Waals surface area contributed by atoms with E-state index < -0.39 is 6.04 Å². The van der Waals surface area contributed by atoms with Crippen molar-refractivity contribution in [3.8, 4) is 11.4 Å². The second kappa shape index (κ2) is 7.14. The minimum Gasteiger partial charge on any atom is -0.325 e. The lowest BCUT2D eigenvalue weighted by molar-refractivity contribution is -0.118. The Hall–Kier alpha value is -1.99. The number of aryl methyl sites for hydroxylation is 1. The Labute approximate surface area is 129 Å². The van der Waals surface area contributed by atoms with Crippen LogP contribution in [0.2, 0.25) is 0 Å². The highest BCUT2D eigenvalue weighted by molar-refractivity contribution is 5.95. The van der Waals surface area contributed by atoms with Crippen LogP contribution in [-0.4, -0.2) is 32.2 Å². The zero-order valence-corrected chi connectivity index (χ0v) is 13.0. The molecule has 0 saturated heterocycles. The molecule has 1 heterocycles. The quantitative estimate of drug-likeness (QED) is 0.884. The highest BCUT2D eigenvalue weighted by atomic mass is 35.5. The van der Waals surface area contributed by atoms with Crippen LogP contribution in [0.25, 0.3) is 11.4 Å². The van der Waals surface area contributed by atoms with Crippen LogP contribution >= 0.6 is 12.4 Å². The average molecular weight is 311 g/mol. The maximum absolute atomic E-state index is 11.9. The molecule has 0 spiro atoms. The van der Waals surface area contributed by atoms with Crippen LogP contribution in [0, 0.1) is 5.92 Å². The summed E-state index contributed by atoms with van der Waals surface area (Å²) in [5.74, 6) is 0.517. The number of tetrazole rings is 1. The van der Waals surface area contributed by atoms with Gasteiger partial charge in [0.1, 0.15) is 0 Å². The largest absolute Gasteiger partial charge is 0.325 e. The zero-order valence-electron chi connectivity index (χ0n) is 12.1. The molecule has 3 N–H and O–H groups in total. The number of anilines is 1. The van der Waals surface area contributed by atoms with Crippen LogP contribution < -0.4 is 11.1 Å². The maximum Gasteiger partial charge on any atom is 0.241 e. The van der Waals surface area contributed by atoms with Crippen LogP contribution in [0.4, 0.5) is 5.69 Å². The molecule has 8 heteroatoms. The first-order valence-corrected chi connectivity index (χ1v) is 6.38. The van der Waals surface area contributed by atoms with E-state index in [2.05, 4.69) is 20.8 Å². The molecule has 0 aliphatic carbocycles. The van der Waals surface area contributed by atoms with Crippen LogP contribution in [0.3, 0.4) is 0 Å². The smallest absolute Gasteiger partial charge is 0.241 e. The van der Waals surface area contributed by atoms with Crippen LogP contribution in [0.15, 0.2) is 24.3 Å². The second-order valence-corrected chi connectivity index (χ2v) is 4.97. The summed E-state index contributed by atoms with van der Waals surface area (Å²) >= 11 is 0. The van der Waals surface area contributed by atoms with Gasteiger partial charge in [-0.05, 0) is 28.5 Å². The summed E-state index contributed by atoms with van der Waals surface area (Å²) in [7, 11) is 1.76. The normalized spacial score (nSPS) is 11.9. The fourth-order valence-corrected chi connectivity index (χ4v) is 1.74. The topological polar surface area (TPSA) is 98.7 Å². The van der Waals surface area contributed by atoms with E-state index in [1.807, 2.05) is 32.0 Å². The molecule has 114 valence electrons. The van der Waals surface area contributed by atoms with Gasteiger partial charge in [-0.3, -0.25) is 4.79 Å². The SMILES string of the molecule is CC(C)C(N)C(=O)Nc1cccc(-c2nnnn2C)c1.Cl. The van der Waals surface area contributed by atoms with Crippen LogP contribution in [-0.2, 0) is 11.8 Å². The standard InChI is InChI=1S/C13H18N6O.ClH/c1-8(2)11(14)13(20)15-10-6-4-5-9(7-10)12-16-17-18-19(12)3;/h4-8,11H,14H2,1-3H3,(H,15,20);1H. The molecule has 0 saturated carbocycles.